The van der Waals surface area contributed by atoms with E-state index in [4.69, 9.17) is 4.42 Å². The number of rotatable bonds is 5. The largest absolute Gasteiger partial charge is 0.464 e. The lowest BCUT2D eigenvalue weighted by Gasteiger charge is -2.19. The third-order valence-electron chi connectivity index (χ3n) is 3.92. The van der Waals surface area contributed by atoms with E-state index in [0.717, 1.165) is 18.4 Å². The van der Waals surface area contributed by atoms with E-state index in [9.17, 15) is 13.2 Å². The summed E-state index contributed by atoms with van der Waals surface area (Å²) in [4.78, 5) is 13.4. The summed E-state index contributed by atoms with van der Waals surface area (Å²) in [6.07, 6.45) is 2.22. The first-order valence-electron chi connectivity index (χ1n) is 6.72. The Kier molecular flexibility index (Phi) is 3.95. The summed E-state index contributed by atoms with van der Waals surface area (Å²) in [7, 11) is -1.78. The van der Waals surface area contributed by atoms with Crippen LogP contribution in [-0.4, -0.2) is 37.8 Å². The summed E-state index contributed by atoms with van der Waals surface area (Å²) < 4.78 is 28.5. The topological polar surface area (TPSA) is 67.6 Å². The van der Waals surface area contributed by atoms with Gasteiger partial charge in [0.15, 0.2) is 9.84 Å². The van der Waals surface area contributed by atoms with E-state index >= 15 is 0 Å². The van der Waals surface area contributed by atoms with E-state index in [-0.39, 0.29) is 0 Å². The van der Waals surface area contributed by atoms with Crippen LogP contribution in [0.15, 0.2) is 16.5 Å². The molecule has 0 spiro atoms. The standard InChI is InChI=1S/C14H21NO4S/c1-9-7-12(9)13-6-5-11(19-13)8-15(3)14(16)10(2)20(4,17)18/h5-6,9-10,12H,7-8H2,1-4H3/t9-,10-,12-/m1/s1. The van der Waals surface area contributed by atoms with Crippen LogP contribution in [0.3, 0.4) is 0 Å². The Bertz CT molecular complexity index is 604. The van der Waals surface area contributed by atoms with Gasteiger partial charge in [-0.3, -0.25) is 4.79 Å². The van der Waals surface area contributed by atoms with Crippen molar-refractivity contribution >= 4 is 15.7 Å². The lowest BCUT2D eigenvalue weighted by molar-refractivity contribution is -0.129. The fourth-order valence-electron chi connectivity index (χ4n) is 2.20. The van der Waals surface area contributed by atoms with E-state index in [1.165, 1.54) is 11.8 Å². The summed E-state index contributed by atoms with van der Waals surface area (Å²) >= 11 is 0. The number of carbonyl (C=O) groups excluding carboxylic acids is 1. The third-order valence-corrected chi connectivity index (χ3v) is 5.40. The first-order valence-corrected chi connectivity index (χ1v) is 8.68. The van der Waals surface area contributed by atoms with Gasteiger partial charge in [-0.15, -0.1) is 0 Å². The molecule has 1 aliphatic carbocycles. The smallest absolute Gasteiger partial charge is 0.240 e. The van der Waals surface area contributed by atoms with Crippen molar-refractivity contribution < 1.29 is 17.6 Å². The summed E-state index contributed by atoms with van der Waals surface area (Å²) in [5, 5.41) is -1.02. The van der Waals surface area contributed by atoms with Crippen LogP contribution in [0.5, 0.6) is 0 Å². The molecular formula is C14H21NO4S. The maximum atomic E-state index is 12.0. The second-order valence-electron chi connectivity index (χ2n) is 5.79. The van der Waals surface area contributed by atoms with E-state index < -0.39 is 21.0 Å². The van der Waals surface area contributed by atoms with Crippen molar-refractivity contribution in [3.63, 3.8) is 0 Å². The highest BCUT2D eigenvalue weighted by Crippen LogP contribution is 2.47. The van der Waals surface area contributed by atoms with Gasteiger partial charge in [0.25, 0.3) is 0 Å². The first kappa shape index (κ1) is 15.1. The second-order valence-corrected chi connectivity index (χ2v) is 8.16. The molecule has 0 aromatic carbocycles. The SMILES string of the molecule is C[C@@H]1C[C@H]1c1ccc(CN(C)C(=O)[C@@H](C)S(C)(=O)=O)o1. The van der Waals surface area contributed by atoms with E-state index in [2.05, 4.69) is 6.92 Å². The van der Waals surface area contributed by atoms with Crippen LogP contribution in [0, 0.1) is 5.92 Å². The highest BCUT2D eigenvalue weighted by molar-refractivity contribution is 7.92. The van der Waals surface area contributed by atoms with Crippen LogP contribution in [0.1, 0.15) is 37.7 Å². The highest BCUT2D eigenvalue weighted by atomic mass is 32.2. The zero-order valence-electron chi connectivity index (χ0n) is 12.3. The third kappa shape index (κ3) is 3.23. The Morgan fingerprint density at radius 3 is 2.60 bits per heavy atom. The van der Waals surface area contributed by atoms with Gasteiger partial charge in [0.1, 0.15) is 16.8 Å². The second kappa shape index (κ2) is 5.24. The van der Waals surface area contributed by atoms with Gasteiger partial charge in [0.2, 0.25) is 5.91 Å². The normalized spacial score (nSPS) is 23.4. The number of amides is 1. The molecule has 1 saturated carbocycles. The zero-order valence-corrected chi connectivity index (χ0v) is 13.1. The Labute approximate surface area is 119 Å². The number of carbonyl (C=O) groups is 1. The van der Waals surface area contributed by atoms with Gasteiger partial charge in [0.05, 0.1) is 6.54 Å². The zero-order chi connectivity index (χ0) is 15.1. The van der Waals surface area contributed by atoms with Gasteiger partial charge < -0.3 is 9.32 Å². The van der Waals surface area contributed by atoms with Gasteiger partial charge in [-0.2, -0.15) is 0 Å². The Hall–Kier alpha value is -1.30. The average Bonchev–Trinajstić information content (AvgIpc) is 2.89. The minimum Gasteiger partial charge on any atom is -0.464 e. The fourth-order valence-corrected chi connectivity index (χ4v) is 2.75. The molecule has 112 valence electrons. The Morgan fingerprint density at radius 1 is 1.50 bits per heavy atom. The van der Waals surface area contributed by atoms with Gasteiger partial charge in [0, 0.05) is 19.2 Å². The average molecular weight is 299 g/mol. The summed E-state index contributed by atoms with van der Waals surface area (Å²) in [6, 6.07) is 3.80. The summed E-state index contributed by atoms with van der Waals surface area (Å²) in [5.74, 6) is 2.41. The monoisotopic (exact) mass is 299 g/mol. The number of hydrogen-bond acceptors (Lipinski definition) is 4. The molecule has 0 unspecified atom stereocenters. The molecule has 0 aliphatic heterocycles. The molecule has 1 aliphatic rings. The minimum absolute atomic E-state index is 0.291. The molecule has 3 atom stereocenters. The molecule has 0 N–H and O–H groups in total. The number of hydrogen-bond donors (Lipinski definition) is 0. The van der Waals surface area contributed by atoms with Gasteiger partial charge >= 0.3 is 0 Å². The molecule has 1 aromatic rings. The van der Waals surface area contributed by atoms with Gasteiger partial charge in [-0.25, -0.2) is 8.42 Å². The lowest BCUT2D eigenvalue weighted by Crippen LogP contribution is -2.38. The van der Waals surface area contributed by atoms with E-state index in [1.54, 1.807) is 7.05 Å². The fraction of sp³-hybridized carbons (Fsp3) is 0.643. The van der Waals surface area contributed by atoms with E-state index in [1.807, 2.05) is 12.1 Å². The van der Waals surface area contributed by atoms with Crippen molar-refractivity contribution in [3.8, 4) is 0 Å². The first-order chi connectivity index (χ1) is 9.20. The molecule has 5 nitrogen and oxygen atoms in total. The molecule has 0 bridgehead atoms. The predicted molar refractivity (Wildman–Crippen MR) is 76.0 cm³/mol. The molecule has 1 amide bonds. The molecule has 0 saturated heterocycles. The maximum absolute atomic E-state index is 12.0. The van der Waals surface area contributed by atoms with Crippen LogP contribution >= 0.6 is 0 Å². The predicted octanol–water partition coefficient (Wildman–Crippen LogP) is 1.79. The minimum atomic E-state index is -3.37. The molecule has 6 heteroatoms. The number of nitrogens with zero attached hydrogens (tertiary/aromatic N) is 1. The number of sulfone groups is 1. The van der Waals surface area contributed by atoms with Crippen LogP contribution in [0.2, 0.25) is 0 Å². The molecule has 20 heavy (non-hydrogen) atoms. The van der Waals surface area contributed by atoms with Gasteiger partial charge in [-0.05, 0) is 31.4 Å². The Morgan fingerprint density at radius 2 is 2.10 bits per heavy atom. The molecule has 2 rings (SSSR count). The molecule has 1 heterocycles. The number of furan rings is 1. The highest BCUT2D eigenvalue weighted by Gasteiger charge is 2.36. The van der Waals surface area contributed by atoms with Crippen LogP contribution in [0.25, 0.3) is 0 Å². The van der Waals surface area contributed by atoms with Crippen molar-refractivity contribution in [2.75, 3.05) is 13.3 Å². The van der Waals surface area contributed by atoms with Crippen LogP contribution in [0.4, 0.5) is 0 Å². The van der Waals surface area contributed by atoms with E-state index in [0.29, 0.717) is 24.1 Å². The Balaban J connectivity index is 1.99. The lowest BCUT2D eigenvalue weighted by atomic mass is 10.3. The quantitative estimate of drug-likeness (QED) is 0.831. The summed E-state index contributed by atoms with van der Waals surface area (Å²) in [6.45, 7) is 3.88. The summed E-state index contributed by atoms with van der Waals surface area (Å²) in [5.41, 5.74) is 0. The molecule has 1 aromatic heterocycles. The van der Waals surface area contributed by atoms with Crippen molar-refractivity contribution in [2.24, 2.45) is 5.92 Å². The maximum Gasteiger partial charge on any atom is 0.240 e. The molecule has 1 fully saturated rings. The van der Waals surface area contributed by atoms with Crippen LogP contribution in [-0.2, 0) is 21.2 Å². The van der Waals surface area contributed by atoms with Crippen LogP contribution < -0.4 is 0 Å². The van der Waals surface area contributed by atoms with Gasteiger partial charge in [-0.1, -0.05) is 6.92 Å². The molecule has 0 radical (unpaired) electrons. The van der Waals surface area contributed by atoms with Crippen molar-refractivity contribution in [3.05, 3.63) is 23.7 Å². The van der Waals surface area contributed by atoms with Crippen molar-refractivity contribution in [2.45, 2.75) is 38.0 Å². The van der Waals surface area contributed by atoms with Crippen molar-refractivity contribution in [1.29, 1.82) is 0 Å². The van der Waals surface area contributed by atoms with Crippen molar-refractivity contribution in [1.82, 2.24) is 4.90 Å². The molecular weight excluding hydrogens is 278 g/mol.